The van der Waals surface area contributed by atoms with Crippen LogP contribution in [-0.4, -0.2) is 24.1 Å². The van der Waals surface area contributed by atoms with Crippen LogP contribution in [0.2, 0.25) is 0 Å². The standard InChI is InChI=1S/C6H13NO/c1-4-5-6(8)7(2)3/h5,8H,4H2,1-3H3/b6-5+. The molecule has 0 heterocycles. The molecule has 0 saturated carbocycles. The summed E-state index contributed by atoms with van der Waals surface area (Å²) < 4.78 is 0. The summed E-state index contributed by atoms with van der Waals surface area (Å²) >= 11 is 0. The molecule has 0 aromatic heterocycles. The lowest BCUT2D eigenvalue weighted by atomic mass is 10.4. The van der Waals surface area contributed by atoms with E-state index in [1.807, 2.05) is 21.0 Å². The number of hydrogen-bond donors (Lipinski definition) is 1. The molecule has 0 aromatic carbocycles. The molecule has 0 unspecified atom stereocenters. The molecule has 2 nitrogen and oxygen atoms in total. The van der Waals surface area contributed by atoms with E-state index in [9.17, 15) is 0 Å². The van der Waals surface area contributed by atoms with E-state index >= 15 is 0 Å². The predicted octanol–water partition coefficient (Wildman–Crippen LogP) is 1.36. The van der Waals surface area contributed by atoms with Gasteiger partial charge in [0.15, 0.2) is 5.88 Å². The first kappa shape index (κ1) is 7.34. The number of hydrogen-bond acceptors (Lipinski definition) is 2. The van der Waals surface area contributed by atoms with E-state index in [0.717, 1.165) is 6.42 Å². The van der Waals surface area contributed by atoms with E-state index in [1.54, 1.807) is 11.0 Å². The van der Waals surface area contributed by atoms with Crippen LogP contribution in [0.15, 0.2) is 12.0 Å². The van der Waals surface area contributed by atoms with Crippen LogP contribution in [0.5, 0.6) is 0 Å². The summed E-state index contributed by atoms with van der Waals surface area (Å²) in [5, 5.41) is 8.91. The van der Waals surface area contributed by atoms with Crippen molar-refractivity contribution in [2.45, 2.75) is 13.3 Å². The number of aliphatic hydroxyl groups excluding tert-OH is 1. The van der Waals surface area contributed by atoms with Crippen molar-refractivity contribution in [1.29, 1.82) is 0 Å². The molecular formula is C6H13NO. The van der Waals surface area contributed by atoms with Gasteiger partial charge in [-0.2, -0.15) is 0 Å². The summed E-state index contributed by atoms with van der Waals surface area (Å²) in [5.41, 5.74) is 0. The molecule has 0 radical (unpaired) electrons. The van der Waals surface area contributed by atoms with E-state index < -0.39 is 0 Å². The molecule has 0 aromatic rings. The molecule has 0 saturated heterocycles. The van der Waals surface area contributed by atoms with Gasteiger partial charge in [-0.1, -0.05) is 6.92 Å². The molecule has 0 rings (SSSR count). The van der Waals surface area contributed by atoms with Crippen LogP contribution in [-0.2, 0) is 0 Å². The molecule has 0 bridgehead atoms. The van der Waals surface area contributed by atoms with Gasteiger partial charge in [0.2, 0.25) is 0 Å². The topological polar surface area (TPSA) is 23.5 Å². The normalized spacial score (nSPS) is 11.6. The Morgan fingerprint density at radius 1 is 1.62 bits per heavy atom. The van der Waals surface area contributed by atoms with E-state index in [0.29, 0.717) is 5.88 Å². The van der Waals surface area contributed by atoms with E-state index in [4.69, 9.17) is 5.11 Å². The van der Waals surface area contributed by atoms with Gasteiger partial charge in [0.25, 0.3) is 0 Å². The third kappa shape index (κ3) is 2.50. The van der Waals surface area contributed by atoms with Crippen molar-refractivity contribution in [2.24, 2.45) is 0 Å². The Morgan fingerprint density at radius 2 is 2.12 bits per heavy atom. The molecule has 0 atom stereocenters. The molecule has 8 heavy (non-hydrogen) atoms. The van der Waals surface area contributed by atoms with Crippen LogP contribution in [0, 0.1) is 0 Å². The Balaban J connectivity index is 3.61. The lowest BCUT2D eigenvalue weighted by Crippen LogP contribution is -2.09. The minimum absolute atomic E-state index is 0.340. The van der Waals surface area contributed by atoms with Crippen LogP contribution >= 0.6 is 0 Å². The lowest BCUT2D eigenvalue weighted by Gasteiger charge is -2.08. The fourth-order valence-corrected chi connectivity index (χ4v) is 0.365. The van der Waals surface area contributed by atoms with Crippen LogP contribution < -0.4 is 0 Å². The van der Waals surface area contributed by atoms with Gasteiger partial charge in [0.1, 0.15) is 0 Å². The van der Waals surface area contributed by atoms with Crippen molar-refractivity contribution in [3.63, 3.8) is 0 Å². The van der Waals surface area contributed by atoms with Crippen molar-refractivity contribution in [2.75, 3.05) is 14.1 Å². The summed E-state index contributed by atoms with van der Waals surface area (Å²) in [5.74, 6) is 0.340. The fraction of sp³-hybridized carbons (Fsp3) is 0.667. The molecule has 0 aliphatic carbocycles. The second kappa shape index (κ2) is 3.36. The zero-order valence-electron chi connectivity index (χ0n) is 5.68. The Labute approximate surface area is 50.4 Å². The average Bonchev–Trinajstić information content (AvgIpc) is 1.67. The van der Waals surface area contributed by atoms with E-state index in [-0.39, 0.29) is 0 Å². The monoisotopic (exact) mass is 115 g/mol. The Morgan fingerprint density at radius 3 is 2.25 bits per heavy atom. The van der Waals surface area contributed by atoms with Crippen LogP contribution in [0.1, 0.15) is 13.3 Å². The second-order valence-electron chi connectivity index (χ2n) is 1.86. The second-order valence-corrected chi connectivity index (χ2v) is 1.86. The lowest BCUT2D eigenvalue weighted by molar-refractivity contribution is 0.262. The van der Waals surface area contributed by atoms with E-state index in [2.05, 4.69) is 0 Å². The molecule has 0 spiro atoms. The van der Waals surface area contributed by atoms with Crippen molar-refractivity contribution >= 4 is 0 Å². The molecule has 0 aliphatic rings. The first-order valence-corrected chi connectivity index (χ1v) is 2.75. The van der Waals surface area contributed by atoms with Gasteiger partial charge in [-0.15, -0.1) is 0 Å². The average molecular weight is 115 g/mol. The summed E-state index contributed by atoms with van der Waals surface area (Å²) in [6.07, 6.45) is 2.64. The smallest absolute Gasteiger partial charge is 0.182 e. The summed E-state index contributed by atoms with van der Waals surface area (Å²) in [6.45, 7) is 1.99. The van der Waals surface area contributed by atoms with Gasteiger partial charge < -0.3 is 10.0 Å². The van der Waals surface area contributed by atoms with Crippen LogP contribution in [0.25, 0.3) is 0 Å². The quantitative estimate of drug-likeness (QED) is 0.549. The van der Waals surface area contributed by atoms with Gasteiger partial charge in [-0.05, 0) is 12.5 Å². The SMILES string of the molecule is CC/C=C(/O)N(C)C. The van der Waals surface area contributed by atoms with E-state index in [1.165, 1.54) is 0 Å². The first-order valence-electron chi connectivity index (χ1n) is 2.75. The molecule has 0 amide bonds. The highest BCUT2D eigenvalue weighted by Crippen LogP contribution is 1.92. The van der Waals surface area contributed by atoms with Gasteiger partial charge in [-0.3, -0.25) is 0 Å². The van der Waals surface area contributed by atoms with Gasteiger partial charge in [0, 0.05) is 14.1 Å². The molecule has 0 aliphatic heterocycles. The van der Waals surface area contributed by atoms with Crippen molar-refractivity contribution in [3.05, 3.63) is 12.0 Å². The van der Waals surface area contributed by atoms with Crippen LogP contribution in [0.4, 0.5) is 0 Å². The molecular weight excluding hydrogens is 102 g/mol. The summed E-state index contributed by atoms with van der Waals surface area (Å²) in [7, 11) is 3.61. The molecule has 2 heteroatoms. The molecule has 1 N–H and O–H groups in total. The third-order valence-corrected chi connectivity index (χ3v) is 0.845. The molecule has 0 fully saturated rings. The Kier molecular flexibility index (Phi) is 3.08. The minimum Gasteiger partial charge on any atom is -0.495 e. The maximum atomic E-state index is 8.91. The first-order chi connectivity index (χ1) is 3.68. The summed E-state index contributed by atoms with van der Waals surface area (Å²) in [4.78, 5) is 1.67. The van der Waals surface area contributed by atoms with Gasteiger partial charge in [0.05, 0.1) is 0 Å². The number of nitrogens with zero attached hydrogens (tertiary/aromatic N) is 1. The minimum atomic E-state index is 0.340. The largest absolute Gasteiger partial charge is 0.495 e. The third-order valence-electron chi connectivity index (χ3n) is 0.845. The number of rotatable bonds is 2. The molecule has 48 valence electrons. The Hall–Kier alpha value is -0.660. The van der Waals surface area contributed by atoms with Crippen LogP contribution in [0.3, 0.4) is 0 Å². The van der Waals surface area contributed by atoms with Crippen molar-refractivity contribution < 1.29 is 5.11 Å². The highest BCUT2D eigenvalue weighted by molar-refractivity contribution is 4.86. The zero-order chi connectivity index (χ0) is 6.57. The highest BCUT2D eigenvalue weighted by atomic mass is 16.3. The Bertz CT molecular complexity index is 86.5. The maximum Gasteiger partial charge on any atom is 0.182 e. The van der Waals surface area contributed by atoms with Gasteiger partial charge >= 0.3 is 0 Å². The van der Waals surface area contributed by atoms with Crippen molar-refractivity contribution in [3.8, 4) is 0 Å². The summed E-state index contributed by atoms with van der Waals surface area (Å²) in [6, 6.07) is 0. The van der Waals surface area contributed by atoms with Gasteiger partial charge in [-0.25, -0.2) is 0 Å². The predicted molar refractivity (Wildman–Crippen MR) is 34.7 cm³/mol. The number of allylic oxidation sites excluding steroid dienone is 1. The zero-order valence-corrected chi connectivity index (χ0v) is 5.68. The maximum absolute atomic E-state index is 8.91. The highest BCUT2D eigenvalue weighted by Gasteiger charge is 1.89. The number of aliphatic hydroxyl groups is 1. The fourth-order valence-electron chi connectivity index (χ4n) is 0.365. The van der Waals surface area contributed by atoms with Crippen molar-refractivity contribution in [1.82, 2.24) is 4.90 Å².